The first-order chi connectivity index (χ1) is 11.4. The zero-order valence-electron chi connectivity index (χ0n) is 17.7. The van der Waals surface area contributed by atoms with Crippen molar-refractivity contribution in [3.8, 4) is 0 Å². The molecule has 0 fully saturated rings. The van der Waals surface area contributed by atoms with Crippen LogP contribution < -0.4 is 79.5 Å². The second-order valence-corrected chi connectivity index (χ2v) is 7.18. The third-order valence-corrected chi connectivity index (χ3v) is 3.70. The molecule has 0 rings (SSSR count). The van der Waals surface area contributed by atoms with E-state index in [1.54, 1.807) is 0 Å². The van der Waals surface area contributed by atoms with Crippen LogP contribution in [0.2, 0.25) is 0 Å². The summed E-state index contributed by atoms with van der Waals surface area (Å²) in [5, 5.41) is 4.33. The van der Waals surface area contributed by atoms with Gasteiger partial charge in [-0.25, -0.2) is 0 Å². The Morgan fingerprint density at radius 1 is 0.897 bits per heavy atom. The van der Waals surface area contributed by atoms with Crippen molar-refractivity contribution in [2.24, 2.45) is 0 Å². The van der Waals surface area contributed by atoms with E-state index in [4.69, 9.17) is 9.79 Å². The molecule has 4 unspecified atom stereocenters. The Morgan fingerprint density at radius 3 is 1.59 bits per heavy atom. The molecule has 0 aromatic heterocycles. The molecule has 4 N–H and O–H groups in total. The molecule has 0 aliphatic rings. The van der Waals surface area contributed by atoms with E-state index in [-0.39, 0.29) is 131 Å². The SMILES string of the molecule is CCCCCNC(=O)C(OP(=O)([O-])O)C(OP(=O)([O-])O)C(=O)NCC.[Na+].[Na+].[Na].[Na]. The molecule has 2 radical (unpaired) electrons. The van der Waals surface area contributed by atoms with E-state index in [0.717, 1.165) is 12.8 Å². The Bertz CT molecular complexity index is 548. The molecule has 2 amide bonds. The number of phosphoric ester groups is 2. The van der Waals surface area contributed by atoms with Gasteiger partial charge in [0.05, 0.1) is 0 Å². The van der Waals surface area contributed by atoms with Gasteiger partial charge >= 0.3 is 59.1 Å². The van der Waals surface area contributed by atoms with Gasteiger partial charge in [0.15, 0.2) is 12.2 Å². The Kier molecular flexibility index (Phi) is 31.6. The van der Waals surface area contributed by atoms with Crippen LogP contribution in [-0.2, 0) is 27.8 Å². The minimum absolute atomic E-state index is 0. The van der Waals surface area contributed by atoms with E-state index in [9.17, 15) is 28.5 Å². The van der Waals surface area contributed by atoms with E-state index in [1.165, 1.54) is 6.92 Å². The summed E-state index contributed by atoms with van der Waals surface area (Å²) < 4.78 is 30.1. The Labute approximate surface area is 258 Å². The Hall–Kier alpha value is 3.16. The largest absolute Gasteiger partial charge is 1.00 e. The summed E-state index contributed by atoms with van der Waals surface area (Å²) in [6, 6.07) is 0. The third kappa shape index (κ3) is 22.7. The van der Waals surface area contributed by atoms with Crippen molar-refractivity contribution in [2.75, 3.05) is 13.1 Å². The fourth-order valence-corrected chi connectivity index (χ4v) is 2.72. The fourth-order valence-electron chi connectivity index (χ4n) is 1.73. The van der Waals surface area contributed by atoms with Gasteiger partial charge in [-0.05, 0) is 13.3 Å². The predicted octanol–water partition coefficient (Wildman–Crippen LogP) is -8.63. The number of carbonyl (C=O) groups is 2. The second-order valence-electron chi connectivity index (χ2n) is 4.88. The molecule has 12 nitrogen and oxygen atoms in total. The van der Waals surface area contributed by atoms with E-state index >= 15 is 0 Å². The van der Waals surface area contributed by atoms with Gasteiger partial charge in [-0.15, -0.1) is 0 Å². The minimum atomic E-state index is -5.54. The first-order valence-corrected chi connectivity index (χ1v) is 10.4. The van der Waals surface area contributed by atoms with Crippen molar-refractivity contribution in [3.05, 3.63) is 0 Å². The van der Waals surface area contributed by atoms with Crippen LogP contribution in [0.3, 0.4) is 0 Å². The number of phosphoric acid groups is 2. The topological polar surface area (TPSA) is 197 Å². The van der Waals surface area contributed by atoms with Crippen LogP contribution in [-0.4, -0.2) is 106 Å². The van der Waals surface area contributed by atoms with Crippen LogP contribution in [0.15, 0.2) is 0 Å². The van der Waals surface area contributed by atoms with Crippen molar-refractivity contribution in [1.29, 1.82) is 0 Å². The molecule has 4 atom stereocenters. The third-order valence-electron chi connectivity index (χ3n) is 2.72. The van der Waals surface area contributed by atoms with E-state index in [1.807, 2.05) is 6.92 Å². The predicted molar refractivity (Wildman–Crippen MR) is 92.1 cm³/mol. The summed E-state index contributed by atoms with van der Waals surface area (Å²) in [4.78, 5) is 63.4. The van der Waals surface area contributed by atoms with Gasteiger partial charge in [0.2, 0.25) is 0 Å². The number of hydrogen-bond acceptors (Lipinski definition) is 8. The molecule has 29 heavy (non-hydrogen) atoms. The smallest absolute Gasteiger partial charge is 0.756 e. The van der Waals surface area contributed by atoms with Crippen molar-refractivity contribution in [2.45, 2.75) is 45.3 Å². The van der Waals surface area contributed by atoms with Crippen LogP contribution >= 0.6 is 15.6 Å². The number of unbranched alkanes of at least 4 members (excludes halogenated alkanes) is 2. The monoisotopic (exact) mass is 496 g/mol. The van der Waals surface area contributed by atoms with Gasteiger partial charge in [-0.1, -0.05) is 19.8 Å². The zero-order valence-corrected chi connectivity index (χ0v) is 27.5. The molecule has 0 spiro atoms. The van der Waals surface area contributed by atoms with Gasteiger partial charge in [0, 0.05) is 72.2 Å². The van der Waals surface area contributed by atoms with E-state index < -0.39 is 39.7 Å². The van der Waals surface area contributed by atoms with Crippen molar-refractivity contribution in [1.82, 2.24) is 10.6 Å². The maximum atomic E-state index is 12.1. The maximum absolute atomic E-state index is 12.1. The van der Waals surface area contributed by atoms with E-state index in [2.05, 4.69) is 19.7 Å². The molecule has 0 heterocycles. The molecule has 150 valence electrons. The van der Waals surface area contributed by atoms with Crippen LogP contribution in [0.1, 0.15) is 33.1 Å². The van der Waals surface area contributed by atoms with Gasteiger partial charge in [0.25, 0.3) is 27.5 Å². The fraction of sp³-hybridized carbons (Fsp3) is 0.818. The van der Waals surface area contributed by atoms with Crippen molar-refractivity contribution in [3.63, 3.8) is 0 Å². The molecular weight excluding hydrogens is 474 g/mol. The van der Waals surface area contributed by atoms with Gasteiger partial charge < -0.3 is 39.3 Å². The summed E-state index contributed by atoms with van der Waals surface area (Å²) in [7, 11) is -11.1. The normalized spacial score (nSPS) is 15.9. The average molecular weight is 496 g/mol. The molecule has 0 aromatic rings. The number of amides is 2. The number of carbonyl (C=O) groups excluding carboxylic acids is 2. The molecule has 0 aliphatic carbocycles. The molecular formula is C11H22N2Na4O10P2. The zero-order chi connectivity index (χ0) is 19.7. The number of hydrogen-bond donors (Lipinski definition) is 4. The summed E-state index contributed by atoms with van der Waals surface area (Å²) in [6.45, 7) is 3.42. The average Bonchev–Trinajstić information content (AvgIpc) is 2.45. The Morgan fingerprint density at radius 2 is 1.28 bits per heavy atom. The van der Waals surface area contributed by atoms with Crippen molar-refractivity contribution < 1.29 is 106 Å². The number of rotatable bonds is 12. The summed E-state index contributed by atoms with van der Waals surface area (Å²) in [5.74, 6) is -2.46. The molecule has 0 aromatic carbocycles. The Balaban J connectivity index is -0.000000480. The van der Waals surface area contributed by atoms with Gasteiger partial charge in [-0.2, -0.15) is 0 Å². The standard InChI is InChI=1S/C11H24N2O10P2.4Na/c1-3-5-6-7-13-11(15)9(23-25(19,20)21)8(10(14)12-4-2)22-24(16,17)18;;;;/h8-9H,3-7H2,1-2H3,(H,12,14)(H,13,15)(H2,16,17,18)(H2,19,20,21);;;;/q;;;2*+1/p-2. The first kappa shape index (κ1) is 42.3. The minimum Gasteiger partial charge on any atom is -0.756 e. The second kappa shape index (κ2) is 21.7. The summed E-state index contributed by atoms with van der Waals surface area (Å²) in [6.07, 6.45) is -2.63. The summed E-state index contributed by atoms with van der Waals surface area (Å²) >= 11 is 0. The number of nitrogens with one attached hydrogen (secondary N) is 2. The molecule has 18 heteroatoms. The van der Waals surface area contributed by atoms with Crippen LogP contribution in [0, 0.1) is 0 Å². The van der Waals surface area contributed by atoms with Crippen LogP contribution in [0.25, 0.3) is 0 Å². The molecule has 0 bridgehead atoms. The number of likely N-dealkylation sites (N-methyl/N-ethyl adjacent to an activating group) is 1. The van der Waals surface area contributed by atoms with Gasteiger partial charge in [0.1, 0.15) is 0 Å². The maximum Gasteiger partial charge on any atom is 1.00 e. The molecule has 0 saturated heterocycles. The van der Waals surface area contributed by atoms with Crippen LogP contribution in [0.4, 0.5) is 0 Å². The first-order valence-electron chi connectivity index (χ1n) is 7.41. The van der Waals surface area contributed by atoms with Crippen LogP contribution in [0.5, 0.6) is 0 Å². The van der Waals surface area contributed by atoms with Crippen molar-refractivity contribution >= 4 is 86.6 Å². The molecule has 0 aliphatic heterocycles. The van der Waals surface area contributed by atoms with E-state index in [0.29, 0.717) is 6.42 Å². The quantitative estimate of drug-likeness (QED) is 0.114. The molecule has 0 saturated carbocycles. The van der Waals surface area contributed by atoms with Gasteiger partial charge in [-0.3, -0.25) is 18.7 Å². The summed E-state index contributed by atoms with van der Waals surface area (Å²) in [5.41, 5.74) is 0.